The summed E-state index contributed by atoms with van der Waals surface area (Å²) in [6.07, 6.45) is 1.29. The van der Waals surface area contributed by atoms with Crippen molar-refractivity contribution in [3.63, 3.8) is 0 Å². The van der Waals surface area contributed by atoms with E-state index in [-0.39, 0.29) is 14.1 Å². The van der Waals surface area contributed by atoms with Crippen LogP contribution in [0, 0.1) is 0 Å². The zero-order chi connectivity index (χ0) is 10.3. The van der Waals surface area contributed by atoms with Gasteiger partial charge < -0.3 is 5.11 Å². The van der Waals surface area contributed by atoms with Gasteiger partial charge in [-0.2, -0.15) is 0 Å². The van der Waals surface area contributed by atoms with Crippen LogP contribution in [0.2, 0.25) is 5.15 Å². The predicted molar refractivity (Wildman–Crippen MR) is 53.8 cm³/mol. The standard InChI is InChI=1S/C6H6ClN2OP.CH4O/c1-11-6(10)4-2-5(7)9-3-8-4;1-2/h2-3,11H,1H3;2H,1H3. The largest absolute Gasteiger partial charge is 0.400 e. The van der Waals surface area contributed by atoms with Crippen molar-refractivity contribution >= 4 is 25.7 Å². The van der Waals surface area contributed by atoms with Crippen LogP contribution in [-0.2, 0) is 0 Å². The molecular weight excluding hydrogens is 211 g/mol. The van der Waals surface area contributed by atoms with Gasteiger partial charge in [-0.05, 0) is 15.2 Å². The second-order valence-electron chi connectivity index (χ2n) is 1.81. The van der Waals surface area contributed by atoms with Crippen molar-refractivity contribution in [3.05, 3.63) is 23.2 Å². The Labute approximate surface area is 83.1 Å². The van der Waals surface area contributed by atoms with Crippen LogP contribution in [0.1, 0.15) is 10.5 Å². The minimum atomic E-state index is 0.00861. The van der Waals surface area contributed by atoms with Gasteiger partial charge in [-0.3, -0.25) is 4.79 Å². The van der Waals surface area contributed by atoms with E-state index >= 15 is 0 Å². The first kappa shape index (κ1) is 12.4. The summed E-state index contributed by atoms with van der Waals surface area (Å²) in [5.41, 5.74) is 0.403. The maximum atomic E-state index is 11.0. The van der Waals surface area contributed by atoms with E-state index < -0.39 is 0 Å². The second kappa shape index (κ2) is 6.89. The van der Waals surface area contributed by atoms with E-state index in [9.17, 15) is 4.79 Å². The molecule has 1 N–H and O–H groups in total. The summed E-state index contributed by atoms with van der Waals surface area (Å²) in [5, 5.41) is 7.31. The molecule has 0 bridgehead atoms. The molecule has 0 radical (unpaired) electrons. The molecule has 1 aromatic heterocycles. The number of aliphatic hydroxyl groups excluding tert-OH is 1. The second-order valence-corrected chi connectivity index (χ2v) is 3.15. The van der Waals surface area contributed by atoms with E-state index in [1.54, 1.807) is 6.66 Å². The topological polar surface area (TPSA) is 63.1 Å². The number of carbonyl (C=O) groups is 1. The minimum absolute atomic E-state index is 0.00861. The highest BCUT2D eigenvalue weighted by Gasteiger charge is 2.04. The molecule has 0 aliphatic carbocycles. The van der Waals surface area contributed by atoms with Crippen LogP contribution in [0.5, 0.6) is 0 Å². The molecule has 1 unspecified atom stereocenters. The Bertz CT molecular complexity index is 283. The van der Waals surface area contributed by atoms with E-state index in [1.807, 2.05) is 0 Å². The van der Waals surface area contributed by atoms with Crippen molar-refractivity contribution in [2.24, 2.45) is 0 Å². The summed E-state index contributed by atoms with van der Waals surface area (Å²) in [6, 6.07) is 1.47. The van der Waals surface area contributed by atoms with Crippen LogP contribution in [-0.4, -0.2) is 34.4 Å². The van der Waals surface area contributed by atoms with Gasteiger partial charge in [0.05, 0.1) is 0 Å². The van der Waals surface area contributed by atoms with Gasteiger partial charge in [0.1, 0.15) is 17.2 Å². The molecule has 0 aliphatic heterocycles. The van der Waals surface area contributed by atoms with Gasteiger partial charge in [0, 0.05) is 13.2 Å². The first-order valence-corrected chi connectivity index (χ1v) is 5.26. The van der Waals surface area contributed by atoms with E-state index in [2.05, 4.69) is 9.97 Å². The molecule has 1 aromatic rings. The first-order valence-electron chi connectivity index (χ1n) is 3.38. The molecule has 0 aromatic carbocycles. The van der Waals surface area contributed by atoms with Crippen molar-refractivity contribution in [3.8, 4) is 0 Å². The molecule has 0 saturated heterocycles. The third-order valence-electron chi connectivity index (χ3n) is 1.09. The van der Waals surface area contributed by atoms with Gasteiger partial charge in [0.15, 0.2) is 5.52 Å². The van der Waals surface area contributed by atoms with Crippen LogP contribution in [0.3, 0.4) is 0 Å². The molecule has 72 valence electrons. The maximum Gasteiger partial charge on any atom is 0.199 e. The van der Waals surface area contributed by atoms with Crippen LogP contribution < -0.4 is 0 Å². The summed E-state index contributed by atoms with van der Waals surface area (Å²) >= 11 is 5.55. The van der Waals surface area contributed by atoms with Crippen molar-refractivity contribution in [1.82, 2.24) is 9.97 Å². The molecule has 0 aliphatic rings. The highest BCUT2D eigenvalue weighted by Crippen LogP contribution is 2.13. The fourth-order valence-corrected chi connectivity index (χ4v) is 1.13. The SMILES string of the molecule is CO.CPC(=O)c1cc(Cl)ncn1. The number of carbonyl (C=O) groups excluding carboxylic acids is 1. The molecule has 0 fully saturated rings. The van der Waals surface area contributed by atoms with E-state index in [0.29, 0.717) is 10.8 Å². The highest BCUT2D eigenvalue weighted by atomic mass is 35.5. The van der Waals surface area contributed by atoms with Gasteiger partial charge in [0.25, 0.3) is 0 Å². The van der Waals surface area contributed by atoms with Crippen LogP contribution in [0.4, 0.5) is 0 Å². The Kier molecular flexibility index (Phi) is 6.59. The lowest BCUT2D eigenvalue weighted by molar-refractivity contribution is 0.108. The lowest BCUT2D eigenvalue weighted by Crippen LogP contribution is -1.95. The van der Waals surface area contributed by atoms with Gasteiger partial charge in [0.2, 0.25) is 0 Å². The maximum absolute atomic E-state index is 11.0. The molecule has 1 heterocycles. The van der Waals surface area contributed by atoms with Gasteiger partial charge in [-0.1, -0.05) is 11.6 Å². The van der Waals surface area contributed by atoms with Gasteiger partial charge in [-0.25, -0.2) is 9.97 Å². The Morgan fingerprint density at radius 3 is 2.62 bits per heavy atom. The summed E-state index contributed by atoms with van der Waals surface area (Å²) < 4.78 is 0. The van der Waals surface area contributed by atoms with Crippen molar-refractivity contribution in [1.29, 1.82) is 0 Å². The van der Waals surface area contributed by atoms with E-state index in [1.165, 1.54) is 12.4 Å². The van der Waals surface area contributed by atoms with Crippen molar-refractivity contribution in [2.75, 3.05) is 13.8 Å². The molecule has 0 amide bonds. The third-order valence-corrected chi connectivity index (χ3v) is 2.01. The number of aromatic nitrogens is 2. The first-order chi connectivity index (χ1) is 6.24. The number of hydrogen-bond donors (Lipinski definition) is 1. The molecule has 1 rings (SSSR count). The van der Waals surface area contributed by atoms with Gasteiger partial charge >= 0.3 is 0 Å². The quantitative estimate of drug-likeness (QED) is 0.601. The molecule has 6 heteroatoms. The van der Waals surface area contributed by atoms with Crippen LogP contribution in [0.25, 0.3) is 0 Å². The normalized spacial score (nSPS) is 9.54. The molecule has 1 atom stereocenters. The summed E-state index contributed by atoms with van der Waals surface area (Å²) in [7, 11) is 1.22. The molecule has 4 nitrogen and oxygen atoms in total. The lowest BCUT2D eigenvalue weighted by atomic mass is 10.4. The lowest BCUT2D eigenvalue weighted by Gasteiger charge is -1.94. The highest BCUT2D eigenvalue weighted by molar-refractivity contribution is 7.58. The molecule has 0 saturated carbocycles. The molecule has 13 heavy (non-hydrogen) atoms. The van der Waals surface area contributed by atoms with E-state index in [4.69, 9.17) is 16.7 Å². The Balaban J connectivity index is 0.000000671. The molecule has 0 spiro atoms. The van der Waals surface area contributed by atoms with Crippen molar-refractivity contribution in [2.45, 2.75) is 0 Å². The van der Waals surface area contributed by atoms with Gasteiger partial charge in [-0.15, -0.1) is 0 Å². The predicted octanol–water partition coefficient (Wildman–Crippen LogP) is 1.19. The summed E-state index contributed by atoms with van der Waals surface area (Å²) in [5.74, 6) is 0. The average molecular weight is 221 g/mol. The summed E-state index contributed by atoms with van der Waals surface area (Å²) in [6.45, 7) is 1.80. The Hall–Kier alpha value is -0.570. The number of aliphatic hydroxyl groups is 1. The van der Waals surface area contributed by atoms with Crippen LogP contribution >= 0.6 is 20.2 Å². The summed E-state index contributed by atoms with van der Waals surface area (Å²) in [4.78, 5) is 18.5. The third kappa shape index (κ3) is 4.27. The van der Waals surface area contributed by atoms with Crippen LogP contribution in [0.15, 0.2) is 12.4 Å². The number of halogens is 1. The Morgan fingerprint density at radius 2 is 2.15 bits per heavy atom. The Morgan fingerprint density at radius 1 is 1.54 bits per heavy atom. The monoisotopic (exact) mass is 220 g/mol. The average Bonchev–Trinajstić information content (AvgIpc) is 2.20. The fourth-order valence-electron chi connectivity index (χ4n) is 0.586. The number of rotatable bonds is 2. The zero-order valence-corrected chi connectivity index (χ0v) is 9.04. The fraction of sp³-hybridized carbons (Fsp3) is 0.286. The minimum Gasteiger partial charge on any atom is -0.400 e. The van der Waals surface area contributed by atoms with Crippen molar-refractivity contribution < 1.29 is 9.90 Å². The number of nitrogens with zero attached hydrogens (tertiary/aromatic N) is 2. The zero-order valence-electron chi connectivity index (χ0n) is 7.28. The smallest absolute Gasteiger partial charge is 0.199 e. The van der Waals surface area contributed by atoms with E-state index in [0.717, 1.165) is 7.11 Å². The molecular formula is C7H10ClN2O2P. The number of hydrogen-bond acceptors (Lipinski definition) is 4.